The normalized spacial score (nSPS) is 12.2. The summed E-state index contributed by atoms with van der Waals surface area (Å²) in [5.74, 6) is 3.18. The molecule has 1 atom stereocenters. The molecule has 1 aromatic carbocycles. The standard InChI is InChI=1S/C11H9O2.3C4H9.Sn/c1-3-11(13-9(2)12)10-7-5-4-6-8-10;3*1-3-4-2;/h4-8,11H,2H3;3*1,3-4H2,2H3;. The fourth-order valence-electron chi connectivity index (χ4n) is 3.30. The molecule has 0 bridgehead atoms. The van der Waals surface area contributed by atoms with Crippen LogP contribution in [-0.4, -0.2) is 24.3 Å². The zero-order valence-electron chi connectivity index (χ0n) is 17.1. The van der Waals surface area contributed by atoms with E-state index in [1.165, 1.54) is 58.8 Å². The van der Waals surface area contributed by atoms with Crippen LogP contribution in [-0.2, 0) is 9.53 Å². The number of carbonyl (C=O) groups excluding carboxylic acids is 1. The first kappa shape index (κ1) is 23.1. The van der Waals surface area contributed by atoms with E-state index < -0.39 is 24.5 Å². The number of hydrogen-bond acceptors (Lipinski definition) is 2. The van der Waals surface area contributed by atoms with Crippen LogP contribution in [0.5, 0.6) is 0 Å². The molecule has 2 nitrogen and oxygen atoms in total. The number of hydrogen-bond donors (Lipinski definition) is 0. The maximum absolute atomic E-state index is 11.6. The van der Waals surface area contributed by atoms with Gasteiger partial charge >= 0.3 is 165 Å². The summed E-state index contributed by atoms with van der Waals surface area (Å²) >= 11 is -2.53. The van der Waals surface area contributed by atoms with Crippen molar-refractivity contribution < 1.29 is 9.53 Å². The van der Waals surface area contributed by atoms with Gasteiger partial charge in [0, 0.05) is 0 Å². The van der Waals surface area contributed by atoms with Crippen molar-refractivity contribution >= 4 is 24.3 Å². The van der Waals surface area contributed by atoms with Crippen LogP contribution in [0.2, 0.25) is 13.3 Å². The average Bonchev–Trinajstić information content (AvgIpc) is 2.66. The maximum atomic E-state index is 11.6. The molecule has 0 aliphatic carbocycles. The summed E-state index contributed by atoms with van der Waals surface area (Å²) < 4.78 is 13.4. The Morgan fingerprint density at radius 1 is 0.962 bits per heavy atom. The molecule has 1 rings (SSSR count). The van der Waals surface area contributed by atoms with Crippen LogP contribution < -0.4 is 0 Å². The molecule has 3 heteroatoms. The van der Waals surface area contributed by atoms with Crippen molar-refractivity contribution in [2.75, 3.05) is 0 Å². The van der Waals surface area contributed by atoms with E-state index in [-0.39, 0.29) is 5.97 Å². The monoisotopic (exact) mass is 464 g/mol. The number of rotatable bonds is 11. The summed E-state index contributed by atoms with van der Waals surface area (Å²) in [5.41, 5.74) is 0.983. The molecule has 0 saturated heterocycles. The van der Waals surface area contributed by atoms with Crippen LogP contribution in [0.25, 0.3) is 0 Å². The summed E-state index contributed by atoms with van der Waals surface area (Å²) in [4.78, 5) is 11.6. The van der Waals surface area contributed by atoms with Gasteiger partial charge in [-0.15, -0.1) is 0 Å². The minimum atomic E-state index is -2.53. The summed E-state index contributed by atoms with van der Waals surface area (Å²) in [5, 5.41) is 0. The Kier molecular flexibility index (Phi) is 11.8. The molecule has 0 heterocycles. The van der Waals surface area contributed by atoms with E-state index in [0.717, 1.165) is 5.56 Å². The number of benzene rings is 1. The Morgan fingerprint density at radius 3 is 1.88 bits per heavy atom. The fourth-order valence-corrected chi connectivity index (χ4v) is 16.6. The van der Waals surface area contributed by atoms with Gasteiger partial charge in [0.15, 0.2) is 0 Å². The Balaban J connectivity index is 3.15. The van der Waals surface area contributed by atoms with Crippen LogP contribution in [0.4, 0.5) is 0 Å². The van der Waals surface area contributed by atoms with Gasteiger partial charge in [0.25, 0.3) is 0 Å². The van der Waals surface area contributed by atoms with Crippen molar-refractivity contribution in [3.05, 3.63) is 35.9 Å². The zero-order chi connectivity index (χ0) is 19.3. The van der Waals surface area contributed by atoms with Crippen LogP contribution in [0.15, 0.2) is 30.3 Å². The van der Waals surface area contributed by atoms with Gasteiger partial charge in [0.1, 0.15) is 0 Å². The summed E-state index contributed by atoms with van der Waals surface area (Å²) in [6.07, 6.45) is 7.18. The van der Waals surface area contributed by atoms with Crippen LogP contribution in [0, 0.1) is 9.86 Å². The molecular formula is C23H36O2Sn. The van der Waals surface area contributed by atoms with E-state index >= 15 is 0 Å². The van der Waals surface area contributed by atoms with Crippen molar-refractivity contribution in [2.24, 2.45) is 0 Å². The Hall–Kier alpha value is -0.951. The van der Waals surface area contributed by atoms with Gasteiger partial charge in [-0.25, -0.2) is 0 Å². The van der Waals surface area contributed by atoms with Gasteiger partial charge < -0.3 is 0 Å². The Morgan fingerprint density at radius 2 is 1.46 bits per heavy atom. The van der Waals surface area contributed by atoms with E-state index in [1.807, 2.05) is 30.3 Å². The van der Waals surface area contributed by atoms with Gasteiger partial charge in [-0.3, -0.25) is 0 Å². The first-order chi connectivity index (χ1) is 12.6. The van der Waals surface area contributed by atoms with Crippen LogP contribution in [0.3, 0.4) is 0 Å². The molecule has 0 fully saturated rings. The average molecular weight is 463 g/mol. The summed E-state index contributed by atoms with van der Waals surface area (Å²) in [6, 6.07) is 9.95. The molecule has 26 heavy (non-hydrogen) atoms. The van der Waals surface area contributed by atoms with Crippen molar-refractivity contribution in [2.45, 2.75) is 85.6 Å². The van der Waals surface area contributed by atoms with Gasteiger partial charge in [-0.1, -0.05) is 0 Å². The quantitative estimate of drug-likeness (QED) is 0.208. The Bertz CT molecular complexity index is 549. The second-order valence-corrected chi connectivity index (χ2v) is 19.6. The first-order valence-electron chi connectivity index (χ1n) is 10.3. The molecule has 0 amide bonds. The van der Waals surface area contributed by atoms with E-state index in [1.54, 1.807) is 0 Å². The number of carbonyl (C=O) groups is 1. The van der Waals surface area contributed by atoms with Crippen LogP contribution >= 0.6 is 0 Å². The summed E-state index contributed by atoms with van der Waals surface area (Å²) in [7, 11) is 0. The van der Waals surface area contributed by atoms with Crippen LogP contribution in [0.1, 0.15) is 77.9 Å². The van der Waals surface area contributed by atoms with Gasteiger partial charge in [0.05, 0.1) is 0 Å². The minimum absolute atomic E-state index is 0.260. The van der Waals surface area contributed by atoms with Gasteiger partial charge in [0.2, 0.25) is 0 Å². The molecule has 0 spiro atoms. The van der Waals surface area contributed by atoms with E-state index in [0.29, 0.717) is 0 Å². The third kappa shape index (κ3) is 8.62. The van der Waals surface area contributed by atoms with Crippen molar-refractivity contribution in [1.82, 2.24) is 0 Å². The second kappa shape index (κ2) is 13.3. The topological polar surface area (TPSA) is 26.3 Å². The van der Waals surface area contributed by atoms with Crippen molar-refractivity contribution in [3.63, 3.8) is 0 Å². The van der Waals surface area contributed by atoms with E-state index in [4.69, 9.17) is 4.74 Å². The molecule has 0 N–H and O–H groups in total. The molecule has 0 aromatic heterocycles. The molecule has 0 aliphatic rings. The SMILES string of the molecule is CCC[CH2][Sn]([C]#CC(OC(C)=O)c1ccccc1)([CH2]CCC)[CH2]CCC. The fraction of sp³-hybridized carbons (Fsp3) is 0.609. The number of esters is 1. The van der Waals surface area contributed by atoms with Gasteiger partial charge in [-0.05, 0) is 0 Å². The number of unbranched alkanes of at least 4 members (excludes halogenated alkanes) is 3. The van der Waals surface area contributed by atoms with E-state index in [9.17, 15) is 4.79 Å². The molecule has 0 radical (unpaired) electrons. The molecule has 1 unspecified atom stereocenters. The number of ether oxygens (including phenoxy) is 1. The third-order valence-corrected chi connectivity index (χ3v) is 18.0. The molecule has 144 valence electrons. The van der Waals surface area contributed by atoms with E-state index in [2.05, 4.69) is 30.6 Å². The van der Waals surface area contributed by atoms with Crippen molar-refractivity contribution in [1.29, 1.82) is 0 Å². The predicted octanol–water partition coefficient (Wildman–Crippen LogP) is 6.68. The van der Waals surface area contributed by atoms with Crippen molar-refractivity contribution in [3.8, 4) is 9.86 Å². The predicted molar refractivity (Wildman–Crippen MR) is 114 cm³/mol. The Labute approximate surface area is 165 Å². The zero-order valence-corrected chi connectivity index (χ0v) is 20.0. The molecule has 0 saturated carbocycles. The second-order valence-electron chi connectivity index (χ2n) is 7.26. The third-order valence-electron chi connectivity index (χ3n) is 4.88. The molecular weight excluding hydrogens is 427 g/mol. The summed E-state index contributed by atoms with van der Waals surface area (Å²) in [6.45, 7) is 8.29. The molecule has 0 aliphatic heterocycles. The molecule has 1 aromatic rings. The van der Waals surface area contributed by atoms with Gasteiger partial charge in [-0.2, -0.15) is 0 Å². The first-order valence-corrected chi connectivity index (χ1v) is 17.8.